The Morgan fingerprint density at radius 3 is 2.25 bits per heavy atom. The standard InChI is InChI=1S/C10H22N2/c1-4-10(2)9-12-7-5-11(3)6-8-12/h10H,4-9H2,1-3H3/t10-/m1/s1. The first-order chi connectivity index (χ1) is 5.72. The van der Waals surface area contributed by atoms with Gasteiger partial charge in [-0.2, -0.15) is 0 Å². The molecular formula is C10H22N2. The molecule has 1 saturated heterocycles. The van der Waals surface area contributed by atoms with Crippen molar-refractivity contribution in [3.63, 3.8) is 0 Å². The Balaban J connectivity index is 2.17. The van der Waals surface area contributed by atoms with Gasteiger partial charge in [0.25, 0.3) is 0 Å². The summed E-state index contributed by atoms with van der Waals surface area (Å²) in [5.74, 6) is 0.869. The molecule has 1 heterocycles. The summed E-state index contributed by atoms with van der Waals surface area (Å²) in [6.07, 6.45) is 1.31. The van der Waals surface area contributed by atoms with Crippen LogP contribution in [0.3, 0.4) is 0 Å². The summed E-state index contributed by atoms with van der Waals surface area (Å²) in [4.78, 5) is 5.00. The highest BCUT2D eigenvalue weighted by Gasteiger charge is 2.14. The summed E-state index contributed by atoms with van der Waals surface area (Å²) in [5, 5.41) is 0. The van der Waals surface area contributed by atoms with Crippen LogP contribution >= 0.6 is 0 Å². The van der Waals surface area contributed by atoms with E-state index in [9.17, 15) is 0 Å². The smallest absolute Gasteiger partial charge is 0.0110 e. The van der Waals surface area contributed by atoms with Crippen molar-refractivity contribution in [2.45, 2.75) is 20.3 Å². The lowest BCUT2D eigenvalue weighted by molar-refractivity contribution is 0.138. The lowest BCUT2D eigenvalue weighted by atomic mass is 10.1. The molecule has 0 aromatic carbocycles. The van der Waals surface area contributed by atoms with Crippen molar-refractivity contribution in [1.82, 2.24) is 9.80 Å². The first-order valence-electron chi connectivity index (χ1n) is 5.13. The summed E-state index contributed by atoms with van der Waals surface area (Å²) in [5.41, 5.74) is 0. The molecule has 0 bridgehead atoms. The Labute approximate surface area is 76.5 Å². The fraction of sp³-hybridized carbons (Fsp3) is 1.00. The van der Waals surface area contributed by atoms with Crippen molar-refractivity contribution in [2.75, 3.05) is 39.8 Å². The Hall–Kier alpha value is -0.0800. The van der Waals surface area contributed by atoms with Crippen LogP contribution in [0.1, 0.15) is 20.3 Å². The van der Waals surface area contributed by atoms with Gasteiger partial charge in [0.15, 0.2) is 0 Å². The first-order valence-corrected chi connectivity index (χ1v) is 5.13. The Morgan fingerprint density at radius 1 is 1.17 bits per heavy atom. The predicted octanol–water partition coefficient (Wildman–Crippen LogP) is 1.28. The van der Waals surface area contributed by atoms with E-state index in [1.54, 1.807) is 0 Å². The van der Waals surface area contributed by atoms with E-state index in [0.29, 0.717) is 0 Å². The minimum atomic E-state index is 0.869. The monoisotopic (exact) mass is 170 g/mol. The molecule has 1 fully saturated rings. The lowest BCUT2D eigenvalue weighted by Crippen LogP contribution is -2.45. The molecule has 0 aromatic heterocycles. The summed E-state index contributed by atoms with van der Waals surface area (Å²) in [6.45, 7) is 10.9. The van der Waals surface area contributed by atoms with Crippen molar-refractivity contribution in [2.24, 2.45) is 5.92 Å². The molecule has 2 heteroatoms. The van der Waals surface area contributed by atoms with Crippen molar-refractivity contribution >= 4 is 0 Å². The third kappa shape index (κ3) is 3.11. The maximum absolute atomic E-state index is 2.59. The highest BCUT2D eigenvalue weighted by Crippen LogP contribution is 2.06. The highest BCUT2D eigenvalue weighted by molar-refractivity contribution is 4.70. The van der Waals surface area contributed by atoms with Gasteiger partial charge in [-0.3, -0.25) is 0 Å². The number of piperazine rings is 1. The minimum absolute atomic E-state index is 0.869. The average molecular weight is 170 g/mol. The molecule has 0 saturated carbocycles. The van der Waals surface area contributed by atoms with E-state index in [1.165, 1.54) is 39.1 Å². The molecule has 1 rings (SSSR count). The Bertz CT molecular complexity index is 117. The van der Waals surface area contributed by atoms with Crippen molar-refractivity contribution < 1.29 is 0 Å². The van der Waals surface area contributed by atoms with Crippen LogP contribution in [-0.2, 0) is 0 Å². The predicted molar refractivity (Wildman–Crippen MR) is 53.4 cm³/mol. The molecule has 0 spiro atoms. The highest BCUT2D eigenvalue weighted by atomic mass is 15.2. The molecule has 0 unspecified atom stereocenters. The van der Waals surface area contributed by atoms with Gasteiger partial charge in [-0.05, 0) is 13.0 Å². The second-order valence-corrected chi connectivity index (χ2v) is 4.12. The number of hydrogen-bond donors (Lipinski definition) is 0. The largest absolute Gasteiger partial charge is 0.304 e. The Morgan fingerprint density at radius 2 is 1.75 bits per heavy atom. The number of nitrogens with zero attached hydrogens (tertiary/aromatic N) is 2. The molecule has 0 amide bonds. The van der Waals surface area contributed by atoms with Crippen molar-refractivity contribution in [3.05, 3.63) is 0 Å². The molecule has 12 heavy (non-hydrogen) atoms. The third-order valence-corrected chi connectivity index (χ3v) is 2.86. The van der Waals surface area contributed by atoms with Gasteiger partial charge in [0.1, 0.15) is 0 Å². The molecule has 0 N–H and O–H groups in total. The van der Waals surface area contributed by atoms with Crippen molar-refractivity contribution in [1.29, 1.82) is 0 Å². The van der Waals surface area contributed by atoms with Gasteiger partial charge in [0, 0.05) is 32.7 Å². The molecule has 1 atom stereocenters. The van der Waals surface area contributed by atoms with Gasteiger partial charge in [-0.25, -0.2) is 0 Å². The van der Waals surface area contributed by atoms with Gasteiger partial charge < -0.3 is 9.80 Å². The van der Waals surface area contributed by atoms with Gasteiger partial charge >= 0.3 is 0 Å². The molecule has 2 nitrogen and oxygen atoms in total. The van der Waals surface area contributed by atoms with E-state index in [4.69, 9.17) is 0 Å². The van der Waals surface area contributed by atoms with Crippen LogP contribution < -0.4 is 0 Å². The quantitative estimate of drug-likeness (QED) is 0.629. The molecule has 72 valence electrons. The summed E-state index contributed by atoms with van der Waals surface area (Å²) in [6, 6.07) is 0. The van der Waals surface area contributed by atoms with Crippen LogP contribution in [0.4, 0.5) is 0 Å². The maximum atomic E-state index is 2.59. The summed E-state index contributed by atoms with van der Waals surface area (Å²) in [7, 11) is 2.21. The zero-order valence-corrected chi connectivity index (χ0v) is 8.71. The second-order valence-electron chi connectivity index (χ2n) is 4.12. The van der Waals surface area contributed by atoms with Gasteiger partial charge in [0.05, 0.1) is 0 Å². The maximum Gasteiger partial charge on any atom is 0.0110 e. The van der Waals surface area contributed by atoms with E-state index in [1.807, 2.05) is 0 Å². The number of likely N-dealkylation sites (N-methyl/N-ethyl adjacent to an activating group) is 1. The van der Waals surface area contributed by atoms with E-state index in [0.717, 1.165) is 5.92 Å². The zero-order chi connectivity index (χ0) is 8.97. The van der Waals surface area contributed by atoms with Crippen LogP contribution in [0, 0.1) is 5.92 Å². The van der Waals surface area contributed by atoms with E-state index in [2.05, 4.69) is 30.7 Å². The first kappa shape index (κ1) is 10.0. The molecule has 0 aliphatic carbocycles. The number of rotatable bonds is 3. The summed E-state index contributed by atoms with van der Waals surface area (Å²) < 4.78 is 0. The molecular weight excluding hydrogens is 148 g/mol. The fourth-order valence-electron chi connectivity index (χ4n) is 1.60. The van der Waals surface area contributed by atoms with Gasteiger partial charge in [-0.1, -0.05) is 20.3 Å². The van der Waals surface area contributed by atoms with Crippen LogP contribution in [0.15, 0.2) is 0 Å². The molecule has 0 radical (unpaired) electrons. The number of hydrogen-bond acceptors (Lipinski definition) is 2. The molecule has 0 aromatic rings. The van der Waals surface area contributed by atoms with E-state index >= 15 is 0 Å². The van der Waals surface area contributed by atoms with Crippen LogP contribution in [0.25, 0.3) is 0 Å². The van der Waals surface area contributed by atoms with Crippen molar-refractivity contribution in [3.8, 4) is 0 Å². The average Bonchev–Trinajstić information content (AvgIpc) is 2.09. The van der Waals surface area contributed by atoms with Crippen LogP contribution in [0.2, 0.25) is 0 Å². The topological polar surface area (TPSA) is 6.48 Å². The van der Waals surface area contributed by atoms with Crippen LogP contribution in [0.5, 0.6) is 0 Å². The van der Waals surface area contributed by atoms with E-state index < -0.39 is 0 Å². The summed E-state index contributed by atoms with van der Waals surface area (Å²) >= 11 is 0. The zero-order valence-electron chi connectivity index (χ0n) is 8.71. The second kappa shape index (κ2) is 4.83. The fourth-order valence-corrected chi connectivity index (χ4v) is 1.60. The van der Waals surface area contributed by atoms with Crippen LogP contribution in [-0.4, -0.2) is 49.6 Å². The minimum Gasteiger partial charge on any atom is -0.304 e. The molecule has 1 aliphatic heterocycles. The lowest BCUT2D eigenvalue weighted by Gasteiger charge is -2.33. The third-order valence-electron chi connectivity index (χ3n) is 2.86. The Kier molecular flexibility index (Phi) is 4.02. The van der Waals surface area contributed by atoms with Gasteiger partial charge in [0.2, 0.25) is 0 Å². The molecule has 1 aliphatic rings. The van der Waals surface area contributed by atoms with E-state index in [-0.39, 0.29) is 0 Å². The SMILES string of the molecule is CC[C@@H](C)CN1CCN(C)CC1. The normalized spacial score (nSPS) is 24.2. The van der Waals surface area contributed by atoms with Gasteiger partial charge in [-0.15, -0.1) is 0 Å².